The summed E-state index contributed by atoms with van der Waals surface area (Å²) in [6.07, 6.45) is 3.54. The van der Waals surface area contributed by atoms with Gasteiger partial charge >= 0.3 is 0 Å². The highest BCUT2D eigenvalue weighted by molar-refractivity contribution is 6.30. The highest BCUT2D eigenvalue weighted by Gasteiger charge is 2.15. The quantitative estimate of drug-likeness (QED) is 0.897. The van der Waals surface area contributed by atoms with Crippen molar-refractivity contribution in [1.29, 1.82) is 0 Å². The lowest BCUT2D eigenvalue weighted by atomic mass is 10.0. The minimum Gasteiger partial charge on any atom is -0.484 e. The van der Waals surface area contributed by atoms with E-state index in [4.69, 9.17) is 16.3 Å². The molecule has 3 rings (SSSR count). The number of ether oxygens (including phenoxy) is 1. The molecule has 1 aliphatic carbocycles. The molecule has 0 bridgehead atoms. The fourth-order valence-corrected chi connectivity index (χ4v) is 3.11. The molecule has 1 aliphatic rings. The van der Waals surface area contributed by atoms with Gasteiger partial charge in [-0.2, -0.15) is 0 Å². The molecule has 0 radical (unpaired) electrons. The van der Waals surface area contributed by atoms with Crippen molar-refractivity contribution in [2.45, 2.75) is 32.2 Å². The summed E-state index contributed by atoms with van der Waals surface area (Å²) in [5.74, 6) is 0.454. The zero-order chi connectivity index (χ0) is 16.2. The van der Waals surface area contributed by atoms with E-state index in [1.807, 2.05) is 6.92 Å². The average molecular weight is 330 g/mol. The van der Waals surface area contributed by atoms with Gasteiger partial charge in [0.25, 0.3) is 5.91 Å². The van der Waals surface area contributed by atoms with Crippen LogP contribution >= 0.6 is 11.6 Å². The van der Waals surface area contributed by atoms with Crippen LogP contribution < -0.4 is 10.1 Å². The van der Waals surface area contributed by atoms with Gasteiger partial charge in [-0.25, -0.2) is 0 Å². The molecule has 1 atom stereocenters. The van der Waals surface area contributed by atoms with Crippen molar-refractivity contribution >= 4 is 17.5 Å². The number of nitrogens with one attached hydrogen (secondary N) is 1. The van der Waals surface area contributed by atoms with Crippen LogP contribution in [0.5, 0.6) is 5.75 Å². The Kier molecular flexibility index (Phi) is 4.87. The molecule has 0 aromatic heterocycles. The maximum Gasteiger partial charge on any atom is 0.258 e. The van der Waals surface area contributed by atoms with E-state index in [1.165, 1.54) is 24.0 Å². The molecule has 0 heterocycles. The van der Waals surface area contributed by atoms with E-state index in [0.717, 1.165) is 12.0 Å². The van der Waals surface area contributed by atoms with Crippen LogP contribution in [0.4, 0.5) is 0 Å². The van der Waals surface area contributed by atoms with E-state index in [1.54, 1.807) is 24.3 Å². The number of benzene rings is 2. The van der Waals surface area contributed by atoms with Gasteiger partial charge in [0.2, 0.25) is 0 Å². The first-order valence-electron chi connectivity index (χ1n) is 7.91. The van der Waals surface area contributed by atoms with Gasteiger partial charge in [-0.15, -0.1) is 0 Å². The molecule has 2 aromatic carbocycles. The summed E-state index contributed by atoms with van der Waals surface area (Å²) in [4.78, 5) is 12.0. The molecule has 1 amide bonds. The van der Waals surface area contributed by atoms with Crippen molar-refractivity contribution < 1.29 is 9.53 Å². The van der Waals surface area contributed by atoms with Crippen LogP contribution in [0, 0.1) is 0 Å². The minimum absolute atomic E-state index is 0.0182. The summed E-state index contributed by atoms with van der Waals surface area (Å²) < 4.78 is 5.46. The lowest BCUT2D eigenvalue weighted by Gasteiger charge is -2.16. The third kappa shape index (κ3) is 4.05. The third-order valence-electron chi connectivity index (χ3n) is 4.17. The van der Waals surface area contributed by atoms with Gasteiger partial charge in [0, 0.05) is 5.02 Å². The van der Waals surface area contributed by atoms with Gasteiger partial charge in [0.15, 0.2) is 6.61 Å². The van der Waals surface area contributed by atoms with E-state index in [9.17, 15) is 4.79 Å². The van der Waals surface area contributed by atoms with Crippen LogP contribution in [0.3, 0.4) is 0 Å². The Labute approximate surface area is 141 Å². The smallest absolute Gasteiger partial charge is 0.258 e. The predicted molar refractivity (Wildman–Crippen MR) is 92.0 cm³/mol. The molecule has 0 saturated carbocycles. The summed E-state index contributed by atoms with van der Waals surface area (Å²) in [5, 5.41) is 3.57. The Morgan fingerprint density at radius 2 is 2.04 bits per heavy atom. The molecular weight excluding hydrogens is 310 g/mol. The molecule has 0 fully saturated rings. The van der Waals surface area contributed by atoms with Gasteiger partial charge in [-0.3, -0.25) is 4.79 Å². The van der Waals surface area contributed by atoms with Crippen LogP contribution in [-0.4, -0.2) is 12.5 Å². The fraction of sp³-hybridized carbons (Fsp3) is 0.316. The average Bonchev–Trinajstić information content (AvgIpc) is 3.00. The number of hydrogen-bond acceptors (Lipinski definition) is 2. The lowest BCUT2D eigenvalue weighted by Crippen LogP contribution is -2.31. The molecule has 120 valence electrons. The first kappa shape index (κ1) is 15.9. The summed E-state index contributed by atoms with van der Waals surface area (Å²) >= 11 is 5.89. The second-order valence-electron chi connectivity index (χ2n) is 5.92. The van der Waals surface area contributed by atoms with Gasteiger partial charge < -0.3 is 10.1 Å². The normalized spacial score (nSPS) is 14.2. The summed E-state index contributed by atoms with van der Waals surface area (Å²) in [6, 6.07) is 13.5. The third-order valence-corrected chi connectivity index (χ3v) is 4.40. The zero-order valence-electron chi connectivity index (χ0n) is 13.1. The maximum atomic E-state index is 12.0. The Bertz CT molecular complexity index is 714. The van der Waals surface area contributed by atoms with Crippen LogP contribution in [0.2, 0.25) is 5.02 Å². The lowest BCUT2D eigenvalue weighted by molar-refractivity contribution is -0.123. The molecule has 0 aliphatic heterocycles. The number of halogens is 1. The molecule has 0 saturated heterocycles. The largest absolute Gasteiger partial charge is 0.484 e. The first-order valence-corrected chi connectivity index (χ1v) is 8.29. The number of rotatable bonds is 5. The number of hydrogen-bond donors (Lipinski definition) is 1. The van der Waals surface area contributed by atoms with Crippen molar-refractivity contribution in [3.8, 4) is 5.75 Å². The number of aryl methyl sites for hydroxylation is 2. The molecular formula is C19H20ClNO2. The van der Waals surface area contributed by atoms with E-state index >= 15 is 0 Å². The van der Waals surface area contributed by atoms with Crippen molar-refractivity contribution in [3.05, 3.63) is 64.2 Å². The molecule has 4 heteroatoms. The van der Waals surface area contributed by atoms with Gasteiger partial charge in [0.05, 0.1) is 6.04 Å². The molecule has 2 aromatic rings. The van der Waals surface area contributed by atoms with E-state index < -0.39 is 0 Å². The monoisotopic (exact) mass is 329 g/mol. The summed E-state index contributed by atoms with van der Waals surface area (Å²) in [7, 11) is 0. The first-order chi connectivity index (χ1) is 11.1. The van der Waals surface area contributed by atoms with Crippen LogP contribution in [0.25, 0.3) is 0 Å². The zero-order valence-corrected chi connectivity index (χ0v) is 13.9. The molecule has 3 nitrogen and oxygen atoms in total. The van der Waals surface area contributed by atoms with Crippen molar-refractivity contribution in [2.24, 2.45) is 0 Å². The molecule has 23 heavy (non-hydrogen) atoms. The molecule has 1 N–H and O–H groups in total. The van der Waals surface area contributed by atoms with Crippen molar-refractivity contribution in [3.63, 3.8) is 0 Å². The van der Waals surface area contributed by atoms with Gasteiger partial charge in [-0.1, -0.05) is 35.9 Å². The second kappa shape index (κ2) is 7.05. The number of carbonyl (C=O) groups excluding carboxylic acids is 1. The van der Waals surface area contributed by atoms with Crippen LogP contribution in [-0.2, 0) is 17.6 Å². The highest BCUT2D eigenvalue weighted by atomic mass is 35.5. The number of amides is 1. The Hall–Kier alpha value is -2.00. The van der Waals surface area contributed by atoms with E-state index in [2.05, 4.69) is 23.5 Å². The van der Waals surface area contributed by atoms with E-state index in [-0.39, 0.29) is 18.6 Å². The summed E-state index contributed by atoms with van der Waals surface area (Å²) in [6.45, 7) is 1.98. The maximum absolute atomic E-state index is 12.0. The molecule has 0 spiro atoms. The standard InChI is InChI=1S/C19H20ClNO2/c1-13(15-9-8-14-4-2-5-16(14)10-15)21-19(22)12-23-18-7-3-6-17(20)11-18/h3,6-11,13H,2,4-5,12H2,1H3,(H,21,22). The van der Waals surface area contributed by atoms with Gasteiger partial charge in [-0.05, 0) is 61.1 Å². The van der Waals surface area contributed by atoms with Crippen LogP contribution in [0.1, 0.15) is 36.1 Å². The topological polar surface area (TPSA) is 38.3 Å². The fourth-order valence-electron chi connectivity index (χ4n) is 2.93. The van der Waals surface area contributed by atoms with Gasteiger partial charge in [0.1, 0.15) is 5.75 Å². The second-order valence-corrected chi connectivity index (χ2v) is 6.35. The minimum atomic E-state index is -0.141. The Morgan fingerprint density at radius 1 is 1.22 bits per heavy atom. The number of carbonyl (C=O) groups is 1. The Balaban J connectivity index is 1.55. The number of fused-ring (bicyclic) bond motifs is 1. The highest BCUT2D eigenvalue weighted by Crippen LogP contribution is 2.25. The SMILES string of the molecule is CC(NC(=O)COc1cccc(Cl)c1)c1ccc2c(c1)CCC2. The summed E-state index contributed by atoms with van der Waals surface area (Å²) in [5.41, 5.74) is 4.00. The Morgan fingerprint density at radius 3 is 2.87 bits per heavy atom. The predicted octanol–water partition coefficient (Wildman–Crippen LogP) is 4.08. The van der Waals surface area contributed by atoms with E-state index in [0.29, 0.717) is 10.8 Å². The van der Waals surface area contributed by atoms with Crippen molar-refractivity contribution in [2.75, 3.05) is 6.61 Å². The van der Waals surface area contributed by atoms with Crippen molar-refractivity contribution in [1.82, 2.24) is 5.32 Å². The molecule has 1 unspecified atom stereocenters. The van der Waals surface area contributed by atoms with Crippen LogP contribution in [0.15, 0.2) is 42.5 Å².